The number of unbranched alkanes of at least 4 members (excludes halogenated alkanes) is 49. The molecule has 9 heteroatoms. The molecule has 0 aliphatic heterocycles. The Bertz CT molecular complexity index is 1150. The maximum Gasteiger partial charge on any atom is 0.268 e. The molecule has 3 unspecified atom stereocenters. The summed E-state index contributed by atoms with van der Waals surface area (Å²) in [6, 6.07) is -0.796. The molecule has 0 aromatic heterocycles. The Morgan fingerprint density at radius 2 is 0.671 bits per heavy atom. The predicted octanol–water partition coefficient (Wildman–Crippen LogP) is 19.8. The number of carbonyl (C=O) groups excluding carboxylic acids is 1. The summed E-state index contributed by atoms with van der Waals surface area (Å²) in [7, 11) is 1.33. The van der Waals surface area contributed by atoms with Crippen LogP contribution in [0.4, 0.5) is 0 Å². The van der Waals surface area contributed by atoms with E-state index in [9.17, 15) is 19.4 Å². The number of nitrogens with zero attached hydrogens (tertiary/aromatic N) is 1. The number of carbonyl (C=O) groups is 1. The first-order valence-electron chi connectivity index (χ1n) is 32.9. The fourth-order valence-corrected chi connectivity index (χ4v) is 11.2. The number of nitrogens with one attached hydrogen (secondary N) is 1. The van der Waals surface area contributed by atoms with E-state index in [2.05, 4.69) is 19.2 Å². The Hall–Kier alpha value is -0.500. The molecule has 0 aromatic rings. The largest absolute Gasteiger partial charge is 0.756 e. The van der Waals surface area contributed by atoms with Crippen LogP contribution in [0.1, 0.15) is 354 Å². The van der Waals surface area contributed by atoms with E-state index in [4.69, 9.17) is 9.05 Å². The van der Waals surface area contributed by atoms with Gasteiger partial charge >= 0.3 is 0 Å². The quantitative estimate of drug-likeness (QED) is 0.0357. The predicted molar refractivity (Wildman–Crippen MR) is 316 cm³/mol. The summed E-state index contributed by atoms with van der Waals surface area (Å²) >= 11 is 0. The molecule has 0 saturated heterocycles. The number of aliphatic hydroxyl groups excluding tert-OH is 1. The van der Waals surface area contributed by atoms with Crippen molar-refractivity contribution in [2.45, 2.75) is 366 Å². The van der Waals surface area contributed by atoms with Gasteiger partial charge in [0.25, 0.3) is 7.82 Å². The molecule has 0 spiro atoms. The summed E-state index contributed by atoms with van der Waals surface area (Å²) < 4.78 is 23.5. The summed E-state index contributed by atoms with van der Waals surface area (Å²) in [5.41, 5.74) is 0. The van der Waals surface area contributed by atoms with Crippen molar-refractivity contribution in [3.63, 3.8) is 0 Å². The average molecular weight is 1060 g/mol. The van der Waals surface area contributed by atoms with Gasteiger partial charge in [0.1, 0.15) is 13.2 Å². The zero-order chi connectivity index (χ0) is 53.5. The molecule has 1 amide bonds. The van der Waals surface area contributed by atoms with E-state index >= 15 is 0 Å². The molecule has 0 fully saturated rings. The van der Waals surface area contributed by atoms with E-state index in [1.54, 1.807) is 0 Å². The highest BCUT2D eigenvalue weighted by molar-refractivity contribution is 7.45. The number of quaternary nitrogens is 1. The van der Waals surface area contributed by atoms with Crippen LogP contribution in [-0.2, 0) is 18.4 Å². The van der Waals surface area contributed by atoms with E-state index in [-0.39, 0.29) is 19.1 Å². The van der Waals surface area contributed by atoms with Gasteiger partial charge in [-0.15, -0.1) is 0 Å². The van der Waals surface area contributed by atoms with Crippen LogP contribution in [-0.4, -0.2) is 68.5 Å². The molecule has 0 bridgehead atoms. The number of phosphoric ester groups is 1. The minimum absolute atomic E-state index is 0.0169. The third-order valence-electron chi connectivity index (χ3n) is 15.6. The Balaban J connectivity index is 4.03. The molecule has 0 rings (SSSR count). The standard InChI is InChI=1S/C64H131N2O6P/c1-6-8-10-12-14-16-18-20-22-24-26-28-30-32-34-36-38-40-42-44-46-48-50-52-54-56-58-64(68)65-62(61-72-73(69,70)71-60-59-66(3,4)5)63(67)57-55-53-51-49-47-45-43-41-39-37-35-33-31-29-27-25-23-21-19-17-15-13-11-9-7-2/h62-63,67H,6-61H2,1-5H3,(H-,65,68,69,70). The SMILES string of the molecule is CCCCCCCCCCCCCCCCCCCCCCCCCCCCC(=O)NC(COP(=O)([O-])OCC[N+](C)(C)C)C(O)CCCCCCCCCCCCCCCCCCCCCCCCCCC. The van der Waals surface area contributed by atoms with Crippen LogP contribution in [0.5, 0.6) is 0 Å². The lowest BCUT2D eigenvalue weighted by atomic mass is 10.0. The van der Waals surface area contributed by atoms with Gasteiger partial charge in [-0.05, 0) is 12.8 Å². The van der Waals surface area contributed by atoms with Gasteiger partial charge in [-0.2, -0.15) is 0 Å². The van der Waals surface area contributed by atoms with Crippen molar-refractivity contribution < 1.29 is 32.9 Å². The molecule has 0 saturated carbocycles. The van der Waals surface area contributed by atoms with Crippen molar-refractivity contribution in [2.24, 2.45) is 0 Å². The van der Waals surface area contributed by atoms with Crippen LogP contribution in [0.3, 0.4) is 0 Å². The second-order valence-corrected chi connectivity index (χ2v) is 25.6. The maximum atomic E-state index is 13.0. The number of phosphoric acid groups is 1. The van der Waals surface area contributed by atoms with Gasteiger partial charge in [0, 0.05) is 6.42 Å². The first kappa shape index (κ1) is 72.5. The third-order valence-corrected chi connectivity index (χ3v) is 16.6. The summed E-state index contributed by atoms with van der Waals surface area (Å²) in [5.74, 6) is -0.154. The molecule has 3 atom stereocenters. The van der Waals surface area contributed by atoms with Crippen LogP contribution in [0.15, 0.2) is 0 Å². The Kier molecular flexibility index (Phi) is 55.8. The van der Waals surface area contributed by atoms with Gasteiger partial charge in [0.15, 0.2) is 0 Å². The van der Waals surface area contributed by atoms with Crippen LogP contribution >= 0.6 is 7.82 Å². The topological polar surface area (TPSA) is 108 Å². The fraction of sp³-hybridized carbons (Fsp3) is 0.984. The molecular weight excluding hydrogens is 924 g/mol. The minimum atomic E-state index is -4.57. The Labute approximate surface area is 457 Å². The summed E-state index contributed by atoms with van der Waals surface area (Å²) in [6.45, 7) is 4.80. The van der Waals surface area contributed by atoms with Gasteiger partial charge in [-0.1, -0.05) is 335 Å². The number of hydrogen-bond acceptors (Lipinski definition) is 6. The van der Waals surface area contributed by atoms with Crippen molar-refractivity contribution in [3.8, 4) is 0 Å². The van der Waals surface area contributed by atoms with Crippen molar-refractivity contribution in [1.82, 2.24) is 5.32 Å². The number of aliphatic hydroxyl groups is 1. The third kappa shape index (κ3) is 59.0. The highest BCUT2D eigenvalue weighted by Gasteiger charge is 2.24. The molecular formula is C64H131N2O6P. The fourth-order valence-electron chi connectivity index (χ4n) is 10.5. The van der Waals surface area contributed by atoms with Gasteiger partial charge in [0.2, 0.25) is 5.91 Å². The summed E-state index contributed by atoms with van der Waals surface area (Å²) in [5, 5.41) is 14.1. The molecule has 73 heavy (non-hydrogen) atoms. The monoisotopic (exact) mass is 1050 g/mol. The number of amides is 1. The van der Waals surface area contributed by atoms with Crippen LogP contribution in [0.2, 0.25) is 0 Å². The molecule has 0 aromatic carbocycles. The smallest absolute Gasteiger partial charge is 0.268 e. The zero-order valence-corrected chi connectivity index (χ0v) is 51.0. The van der Waals surface area contributed by atoms with Gasteiger partial charge < -0.3 is 28.8 Å². The lowest BCUT2D eigenvalue weighted by Crippen LogP contribution is -2.46. The van der Waals surface area contributed by atoms with E-state index in [1.807, 2.05) is 21.1 Å². The normalized spacial score (nSPS) is 13.7. The van der Waals surface area contributed by atoms with E-state index in [0.29, 0.717) is 23.9 Å². The lowest BCUT2D eigenvalue weighted by Gasteiger charge is -2.30. The second-order valence-electron chi connectivity index (χ2n) is 24.2. The zero-order valence-electron chi connectivity index (χ0n) is 50.1. The molecule has 8 nitrogen and oxygen atoms in total. The van der Waals surface area contributed by atoms with Crippen molar-refractivity contribution >= 4 is 13.7 Å². The van der Waals surface area contributed by atoms with Crippen molar-refractivity contribution in [1.29, 1.82) is 0 Å². The van der Waals surface area contributed by atoms with Gasteiger partial charge in [0.05, 0.1) is 39.9 Å². The van der Waals surface area contributed by atoms with Crippen LogP contribution in [0.25, 0.3) is 0 Å². The molecule has 438 valence electrons. The average Bonchev–Trinajstić information content (AvgIpc) is 3.35. The molecule has 0 radical (unpaired) electrons. The van der Waals surface area contributed by atoms with Crippen LogP contribution in [0, 0.1) is 0 Å². The molecule has 2 N–H and O–H groups in total. The number of hydrogen-bond donors (Lipinski definition) is 2. The highest BCUT2D eigenvalue weighted by atomic mass is 31.2. The van der Waals surface area contributed by atoms with Gasteiger partial charge in [-0.3, -0.25) is 9.36 Å². The van der Waals surface area contributed by atoms with E-state index < -0.39 is 20.0 Å². The number of rotatable bonds is 62. The molecule has 0 aliphatic carbocycles. The first-order valence-corrected chi connectivity index (χ1v) is 34.3. The second kappa shape index (κ2) is 56.2. The summed E-state index contributed by atoms with van der Waals surface area (Å²) in [6.07, 6.45) is 68.7. The highest BCUT2D eigenvalue weighted by Crippen LogP contribution is 2.38. The van der Waals surface area contributed by atoms with Crippen molar-refractivity contribution in [2.75, 3.05) is 40.9 Å². The van der Waals surface area contributed by atoms with E-state index in [0.717, 1.165) is 38.5 Å². The Morgan fingerprint density at radius 3 is 0.932 bits per heavy atom. The number of likely N-dealkylation sites (N-methyl/N-ethyl adjacent to an activating group) is 1. The van der Waals surface area contributed by atoms with Gasteiger partial charge in [-0.25, -0.2) is 0 Å². The van der Waals surface area contributed by atoms with E-state index in [1.165, 1.54) is 289 Å². The molecule has 0 heterocycles. The Morgan fingerprint density at radius 1 is 0.425 bits per heavy atom. The molecule has 0 aliphatic rings. The first-order chi connectivity index (χ1) is 35.5. The van der Waals surface area contributed by atoms with Crippen molar-refractivity contribution in [3.05, 3.63) is 0 Å². The lowest BCUT2D eigenvalue weighted by molar-refractivity contribution is -0.870. The summed E-state index contributed by atoms with van der Waals surface area (Å²) in [4.78, 5) is 25.6. The maximum absolute atomic E-state index is 13.0. The van der Waals surface area contributed by atoms with Crippen LogP contribution < -0.4 is 10.2 Å². The minimum Gasteiger partial charge on any atom is -0.756 e.